The number of carbonyl (C=O) groups is 1. The zero-order valence-electron chi connectivity index (χ0n) is 25.0. The molecule has 5 aromatic carbocycles. The van der Waals surface area contributed by atoms with Crippen LogP contribution in [0.4, 0.5) is 0 Å². The van der Waals surface area contributed by atoms with Gasteiger partial charge in [0.25, 0.3) is 0 Å². The maximum atomic E-state index is 11.8. The average Bonchev–Trinajstić information content (AvgIpc) is 3.33. The first-order chi connectivity index (χ1) is 20.4. The maximum Gasteiger partial charge on any atom is 0.307 e. The Morgan fingerprint density at radius 1 is 0.814 bits per heavy atom. The van der Waals surface area contributed by atoms with Crippen LogP contribution >= 0.6 is 11.6 Å². The Bertz CT molecular complexity index is 1940. The normalized spacial score (nSPS) is 11.4. The molecular weight excluding hydrogens is 556 g/mol. The number of aliphatic carboxylic acids is 1. The number of benzene rings is 5. The largest absolute Gasteiger partial charge is 0.481 e. The topological polar surface area (TPSA) is 75.4 Å². The average molecular weight is 591 g/mol. The number of hydrogen-bond donors (Lipinski definition) is 2. The fraction of sp³-hybridized carbons (Fsp3) is 0.189. The molecule has 0 spiro atoms. The van der Waals surface area contributed by atoms with E-state index in [-0.39, 0.29) is 6.42 Å². The van der Waals surface area contributed by atoms with Crippen molar-refractivity contribution in [1.82, 2.24) is 9.78 Å². The van der Waals surface area contributed by atoms with Gasteiger partial charge in [0.05, 0.1) is 23.7 Å². The van der Waals surface area contributed by atoms with Crippen molar-refractivity contribution < 1.29 is 15.0 Å². The summed E-state index contributed by atoms with van der Waals surface area (Å²) < 4.78 is 1.88. The summed E-state index contributed by atoms with van der Waals surface area (Å²) in [6, 6.07) is 31.0. The minimum Gasteiger partial charge on any atom is -0.481 e. The predicted octanol–water partition coefficient (Wildman–Crippen LogP) is 9.09. The summed E-state index contributed by atoms with van der Waals surface area (Å²) >= 11 is 6.18. The van der Waals surface area contributed by atoms with E-state index in [4.69, 9.17) is 16.7 Å². The molecule has 0 unspecified atom stereocenters. The van der Waals surface area contributed by atoms with Gasteiger partial charge in [0.15, 0.2) is 0 Å². The standard InChI is InChI=1S/C33H25ClN2O2.C4H10O/c1-20-14-26-7-6-25(17-30(26)33(29(20)18-32(37)38)21-8-11-28(34)12-9-21)23-5-3-4-22(15-23)24-10-13-31-27(16-24)19-35-36(31)2;1-4(2,3)5/h3-17,19H,18H2,1-2H3,(H,37,38);5H,1-3H3. The smallest absolute Gasteiger partial charge is 0.307 e. The van der Waals surface area contributed by atoms with Crippen LogP contribution in [0.3, 0.4) is 0 Å². The van der Waals surface area contributed by atoms with Crippen LogP contribution in [-0.4, -0.2) is 31.6 Å². The van der Waals surface area contributed by atoms with E-state index in [1.165, 1.54) is 0 Å². The summed E-state index contributed by atoms with van der Waals surface area (Å²) in [7, 11) is 1.95. The Morgan fingerprint density at radius 3 is 2.05 bits per heavy atom. The lowest BCUT2D eigenvalue weighted by molar-refractivity contribution is -0.136. The molecule has 0 aliphatic carbocycles. The van der Waals surface area contributed by atoms with Crippen molar-refractivity contribution in [2.45, 2.75) is 39.7 Å². The lowest BCUT2D eigenvalue weighted by Crippen LogP contribution is -2.10. The SMILES string of the molecule is CC(C)(C)O.Cc1cc2ccc(-c3cccc(-c4ccc5c(cnn5C)c4)c3)cc2c(-c2ccc(Cl)cc2)c1CC(=O)O. The lowest BCUT2D eigenvalue weighted by Gasteiger charge is -2.17. The van der Waals surface area contributed by atoms with Crippen molar-refractivity contribution in [3.8, 4) is 33.4 Å². The molecule has 0 amide bonds. The number of halogens is 1. The van der Waals surface area contributed by atoms with Crippen LogP contribution in [0.1, 0.15) is 31.9 Å². The highest BCUT2D eigenvalue weighted by molar-refractivity contribution is 6.30. The third-order valence-corrected chi connectivity index (χ3v) is 7.46. The van der Waals surface area contributed by atoms with Crippen molar-refractivity contribution >= 4 is 39.2 Å². The predicted molar refractivity (Wildman–Crippen MR) is 178 cm³/mol. The van der Waals surface area contributed by atoms with E-state index >= 15 is 0 Å². The first-order valence-corrected chi connectivity index (χ1v) is 14.5. The fourth-order valence-corrected chi connectivity index (χ4v) is 5.43. The highest BCUT2D eigenvalue weighted by Gasteiger charge is 2.17. The molecule has 6 heteroatoms. The van der Waals surface area contributed by atoms with Crippen LogP contribution < -0.4 is 0 Å². The fourth-order valence-electron chi connectivity index (χ4n) is 5.31. The molecule has 43 heavy (non-hydrogen) atoms. The number of nitrogens with zero attached hydrogens (tertiary/aromatic N) is 2. The van der Waals surface area contributed by atoms with Gasteiger partial charge in [-0.3, -0.25) is 9.48 Å². The van der Waals surface area contributed by atoms with Crippen LogP contribution in [0.25, 0.3) is 55.1 Å². The Labute approximate surface area is 257 Å². The zero-order valence-corrected chi connectivity index (χ0v) is 25.8. The molecule has 2 N–H and O–H groups in total. The van der Waals surface area contributed by atoms with Gasteiger partial charge >= 0.3 is 5.97 Å². The Balaban J connectivity index is 0.000000682. The molecule has 218 valence electrons. The molecule has 0 saturated carbocycles. The quantitative estimate of drug-likeness (QED) is 0.210. The minimum absolute atomic E-state index is 0.0454. The molecule has 5 nitrogen and oxygen atoms in total. The summed E-state index contributed by atoms with van der Waals surface area (Å²) in [6.07, 6.45) is 1.84. The number of aryl methyl sites for hydroxylation is 2. The monoisotopic (exact) mass is 590 g/mol. The second-order valence-electron chi connectivity index (χ2n) is 11.9. The summed E-state index contributed by atoms with van der Waals surface area (Å²) in [4.78, 5) is 11.8. The summed E-state index contributed by atoms with van der Waals surface area (Å²) in [5, 5.41) is 26.4. The summed E-state index contributed by atoms with van der Waals surface area (Å²) in [6.45, 7) is 7.21. The van der Waals surface area contributed by atoms with Gasteiger partial charge in [-0.05, 0) is 119 Å². The van der Waals surface area contributed by atoms with E-state index in [1.54, 1.807) is 20.8 Å². The van der Waals surface area contributed by atoms with Gasteiger partial charge in [-0.2, -0.15) is 5.10 Å². The number of hydrogen-bond acceptors (Lipinski definition) is 3. The van der Waals surface area contributed by atoms with E-state index in [1.807, 2.05) is 49.1 Å². The van der Waals surface area contributed by atoms with Crippen LogP contribution in [-0.2, 0) is 18.3 Å². The van der Waals surface area contributed by atoms with Gasteiger partial charge in [-0.1, -0.05) is 66.2 Å². The van der Waals surface area contributed by atoms with Crippen molar-refractivity contribution in [3.63, 3.8) is 0 Å². The van der Waals surface area contributed by atoms with E-state index in [0.29, 0.717) is 5.02 Å². The number of rotatable bonds is 5. The zero-order chi connectivity index (χ0) is 30.9. The van der Waals surface area contributed by atoms with Gasteiger partial charge in [-0.15, -0.1) is 0 Å². The number of fused-ring (bicyclic) bond motifs is 2. The van der Waals surface area contributed by atoms with Crippen LogP contribution in [0.2, 0.25) is 5.02 Å². The molecule has 1 heterocycles. The van der Waals surface area contributed by atoms with Crippen molar-refractivity contribution in [3.05, 3.63) is 113 Å². The second-order valence-corrected chi connectivity index (χ2v) is 12.3. The maximum absolute atomic E-state index is 11.8. The van der Waals surface area contributed by atoms with Crippen molar-refractivity contribution in [1.29, 1.82) is 0 Å². The summed E-state index contributed by atoms with van der Waals surface area (Å²) in [5.41, 5.74) is 8.71. The Kier molecular flexibility index (Phi) is 8.41. The summed E-state index contributed by atoms with van der Waals surface area (Å²) in [5.74, 6) is -0.850. The van der Waals surface area contributed by atoms with Gasteiger partial charge < -0.3 is 10.2 Å². The van der Waals surface area contributed by atoms with Gasteiger partial charge in [0.2, 0.25) is 0 Å². The third kappa shape index (κ3) is 6.96. The first kappa shape index (κ1) is 30.0. The van der Waals surface area contributed by atoms with Gasteiger partial charge in [0.1, 0.15) is 0 Å². The van der Waals surface area contributed by atoms with E-state index in [0.717, 1.165) is 66.2 Å². The molecular formula is C37H35ClN2O3. The van der Waals surface area contributed by atoms with Crippen LogP contribution in [0.15, 0.2) is 97.2 Å². The highest BCUT2D eigenvalue weighted by Crippen LogP contribution is 2.38. The molecule has 6 aromatic rings. The minimum atomic E-state index is -0.850. The van der Waals surface area contributed by atoms with Crippen molar-refractivity contribution in [2.75, 3.05) is 0 Å². The molecule has 0 fully saturated rings. The molecule has 0 radical (unpaired) electrons. The van der Waals surface area contributed by atoms with Crippen molar-refractivity contribution in [2.24, 2.45) is 7.05 Å². The number of carboxylic acid groups (broad SMARTS) is 1. The first-order valence-electron chi connectivity index (χ1n) is 14.2. The third-order valence-electron chi connectivity index (χ3n) is 7.21. The van der Waals surface area contributed by atoms with Crippen LogP contribution in [0.5, 0.6) is 0 Å². The van der Waals surface area contributed by atoms with Gasteiger partial charge in [-0.25, -0.2) is 0 Å². The number of aromatic nitrogens is 2. The Morgan fingerprint density at radius 2 is 1.40 bits per heavy atom. The molecule has 0 aliphatic rings. The lowest BCUT2D eigenvalue weighted by atomic mass is 9.87. The molecule has 6 rings (SSSR count). The van der Waals surface area contributed by atoms with E-state index < -0.39 is 11.6 Å². The molecule has 0 bridgehead atoms. The van der Waals surface area contributed by atoms with Gasteiger partial charge in [0, 0.05) is 17.5 Å². The highest BCUT2D eigenvalue weighted by atomic mass is 35.5. The molecule has 0 saturated heterocycles. The van der Waals surface area contributed by atoms with E-state index in [9.17, 15) is 9.90 Å². The Hall–Kier alpha value is -4.45. The second kappa shape index (κ2) is 12.0. The molecule has 0 atom stereocenters. The molecule has 1 aromatic heterocycles. The number of carboxylic acids is 1. The van der Waals surface area contributed by atoms with E-state index in [2.05, 4.69) is 71.8 Å². The number of aliphatic hydroxyl groups is 1. The molecule has 0 aliphatic heterocycles. The van der Waals surface area contributed by atoms with Crippen LogP contribution in [0, 0.1) is 6.92 Å².